The molecule has 0 bridgehead atoms. The summed E-state index contributed by atoms with van der Waals surface area (Å²) in [4.78, 5) is 26.3. The van der Waals surface area contributed by atoms with Crippen LogP contribution in [0.15, 0.2) is 28.7 Å². The molecule has 1 N–H and O–H groups in total. The SMILES string of the molecule is O=C(NCCOCC(F)(F)F)C1CCCN1C(=O)c1ccc(Br)cc1. The van der Waals surface area contributed by atoms with Crippen LogP contribution in [0.4, 0.5) is 13.2 Å². The van der Waals surface area contributed by atoms with E-state index in [1.165, 1.54) is 4.90 Å². The Morgan fingerprint density at radius 3 is 2.60 bits per heavy atom. The first-order valence-electron chi connectivity index (χ1n) is 7.76. The van der Waals surface area contributed by atoms with Crippen LogP contribution in [0, 0.1) is 0 Å². The highest BCUT2D eigenvalue weighted by molar-refractivity contribution is 9.10. The molecule has 1 heterocycles. The van der Waals surface area contributed by atoms with Crippen LogP contribution in [0.3, 0.4) is 0 Å². The third kappa shape index (κ3) is 6.00. The van der Waals surface area contributed by atoms with Crippen molar-refractivity contribution in [2.45, 2.75) is 25.1 Å². The molecule has 2 amide bonds. The lowest BCUT2D eigenvalue weighted by Crippen LogP contribution is -2.46. The molecule has 1 unspecified atom stereocenters. The number of ether oxygens (including phenoxy) is 1. The molecule has 1 fully saturated rings. The summed E-state index contributed by atoms with van der Waals surface area (Å²) in [6.07, 6.45) is -3.16. The number of halogens is 4. The second-order valence-corrected chi connectivity index (χ2v) is 6.54. The molecule has 1 aliphatic heterocycles. The number of amides is 2. The van der Waals surface area contributed by atoms with E-state index in [9.17, 15) is 22.8 Å². The maximum atomic E-state index is 12.5. The van der Waals surface area contributed by atoms with Crippen LogP contribution in [0.1, 0.15) is 23.2 Å². The molecule has 1 atom stereocenters. The monoisotopic (exact) mass is 422 g/mol. The fraction of sp³-hybridized carbons (Fsp3) is 0.500. The molecule has 0 spiro atoms. The van der Waals surface area contributed by atoms with Gasteiger partial charge in [0, 0.05) is 23.1 Å². The first kappa shape index (κ1) is 19.7. The molecule has 1 saturated heterocycles. The van der Waals surface area contributed by atoms with Gasteiger partial charge in [0.25, 0.3) is 5.91 Å². The van der Waals surface area contributed by atoms with Crippen molar-refractivity contribution in [1.29, 1.82) is 0 Å². The van der Waals surface area contributed by atoms with Gasteiger partial charge in [-0.2, -0.15) is 13.2 Å². The fourth-order valence-electron chi connectivity index (χ4n) is 2.59. The highest BCUT2D eigenvalue weighted by atomic mass is 79.9. The third-order valence-electron chi connectivity index (χ3n) is 3.72. The highest BCUT2D eigenvalue weighted by Gasteiger charge is 2.34. The smallest absolute Gasteiger partial charge is 0.370 e. The number of carbonyl (C=O) groups is 2. The van der Waals surface area contributed by atoms with Crippen molar-refractivity contribution in [3.63, 3.8) is 0 Å². The molecule has 0 radical (unpaired) electrons. The predicted octanol–water partition coefficient (Wildman–Crippen LogP) is 2.75. The van der Waals surface area contributed by atoms with Crippen molar-refractivity contribution in [2.75, 3.05) is 26.3 Å². The number of hydrogen-bond acceptors (Lipinski definition) is 3. The standard InChI is InChI=1S/C16H18BrF3N2O3/c17-12-5-3-11(4-6-12)15(24)22-8-1-2-13(22)14(23)21-7-9-25-10-16(18,19)20/h3-6,13H,1-2,7-10H2,(H,21,23). The first-order valence-corrected chi connectivity index (χ1v) is 8.56. The molecule has 2 rings (SSSR count). The lowest BCUT2D eigenvalue weighted by molar-refractivity contribution is -0.173. The van der Waals surface area contributed by atoms with Gasteiger partial charge in [-0.25, -0.2) is 0 Å². The first-order chi connectivity index (χ1) is 11.8. The average Bonchev–Trinajstić information content (AvgIpc) is 3.03. The van der Waals surface area contributed by atoms with Crippen LogP contribution >= 0.6 is 15.9 Å². The van der Waals surface area contributed by atoms with Crippen molar-refractivity contribution in [3.8, 4) is 0 Å². The molecule has 1 aromatic carbocycles. The molecule has 0 aliphatic carbocycles. The van der Waals surface area contributed by atoms with Crippen LogP contribution in [-0.4, -0.2) is 55.2 Å². The summed E-state index contributed by atoms with van der Waals surface area (Å²) in [6.45, 7) is -1.15. The largest absolute Gasteiger partial charge is 0.411 e. The van der Waals surface area contributed by atoms with Crippen molar-refractivity contribution in [2.24, 2.45) is 0 Å². The number of benzene rings is 1. The van der Waals surface area contributed by atoms with E-state index >= 15 is 0 Å². The van der Waals surface area contributed by atoms with Crippen molar-refractivity contribution in [1.82, 2.24) is 10.2 Å². The van der Waals surface area contributed by atoms with Crippen LogP contribution in [-0.2, 0) is 9.53 Å². The Kier molecular flexibility index (Phi) is 6.83. The summed E-state index contributed by atoms with van der Waals surface area (Å²) in [5.41, 5.74) is 0.483. The lowest BCUT2D eigenvalue weighted by Gasteiger charge is -2.24. The number of nitrogens with one attached hydrogen (secondary N) is 1. The molecule has 9 heteroatoms. The molecule has 0 saturated carbocycles. The maximum absolute atomic E-state index is 12.5. The zero-order valence-corrected chi connectivity index (χ0v) is 14.9. The van der Waals surface area contributed by atoms with Gasteiger partial charge in [0.2, 0.25) is 5.91 Å². The van der Waals surface area contributed by atoms with Crippen molar-refractivity contribution in [3.05, 3.63) is 34.3 Å². The molecule has 1 aliphatic rings. The second-order valence-electron chi connectivity index (χ2n) is 5.62. The van der Waals surface area contributed by atoms with Gasteiger partial charge < -0.3 is 15.0 Å². The quantitative estimate of drug-likeness (QED) is 0.717. The van der Waals surface area contributed by atoms with E-state index in [4.69, 9.17) is 0 Å². The number of carbonyl (C=O) groups excluding carboxylic acids is 2. The van der Waals surface area contributed by atoms with Crippen molar-refractivity contribution >= 4 is 27.7 Å². The Bertz CT molecular complexity index is 608. The van der Waals surface area contributed by atoms with Gasteiger partial charge in [0.1, 0.15) is 12.6 Å². The van der Waals surface area contributed by atoms with Gasteiger partial charge in [0.05, 0.1) is 6.61 Å². The van der Waals surface area contributed by atoms with E-state index in [0.717, 1.165) is 4.47 Å². The minimum atomic E-state index is -4.39. The normalized spacial score (nSPS) is 17.6. The van der Waals surface area contributed by atoms with Crippen LogP contribution in [0.2, 0.25) is 0 Å². The molecular weight excluding hydrogens is 405 g/mol. The minimum Gasteiger partial charge on any atom is -0.370 e. The summed E-state index contributed by atoms with van der Waals surface area (Å²) in [5, 5.41) is 2.52. The Balaban J connectivity index is 1.84. The molecule has 25 heavy (non-hydrogen) atoms. The molecule has 138 valence electrons. The predicted molar refractivity (Wildman–Crippen MR) is 88.1 cm³/mol. The van der Waals surface area contributed by atoms with E-state index < -0.39 is 18.8 Å². The number of alkyl halides is 3. The van der Waals surface area contributed by atoms with Gasteiger partial charge in [-0.05, 0) is 37.1 Å². The Morgan fingerprint density at radius 2 is 1.96 bits per heavy atom. The van der Waals surface area contributed by atoms with Gasteiger partial charge in [-0.15, -0.1) is 0 Å². The topological polar surface area (TPSA) is 58.6 Å². The Hall–Kier alpha value is -1.61. The van der Waals surface area contributed by atoms with Crippen LogP contribution < -0.4 is 5.32 Å². The minimum absolute atomic E-state index is 0.0360. The summed E-state index contributed by atoms with van der Waals surface area (Å²) < 4.78 is 41.1. The fourth-order valence-corrected chi connectivity index (χ4v) is 2.86. The molecule has 5 nitrogen and oxygen atoms in total. The summed E-state index contributed by atoms with van der Waals surface area (Å²) in [7, 11) is 0. The number of nitrogens with zero attached hydrogens (tertiary/aromatic N) is 1. The van der Waals surface area contributed by atoms with Gasteiger partial charge in [-0.1, -0.05) is 15.9 Å². The van der Waals surface area contributed by atoms with Crippen LogP contribution in [0.25, 0.3) is 0 Å². The average molecular weight is 423 g/mol. The van der Waals surface area contributed by atoms with E-state index in [0.29, 0.717) is 24.9 Å². The van der Waals surface area contributed by atoms with Crippen LogP contribution in [0.5, 0.6) is 0 Å². The maximum Gasteiger partial charge on any atom is 0.411 e. The van der Waals surface area contributed by atoms with E-state index in [1.807, 2.05) is 0 Å². The Morgan fingerprint density at radius 1 is 1.28 bits per heavy atom. The summed E-state index contributed by atoms with van der Waals surface area (Å²) in [6, 6.07) is 6.22. The lowest BCUT2D eigenvalue weighted by atomic mass is 10.1. The number of rotatable bonds is 6. The summed E-state index contributed by atoms with van der Waals surface area (Å²) in [5.74, 6) is -0.614. The third-order valence-corrected chi connectivity index (χ3v) is 4.25. The number of hydrogen-bond donors (Lipinski definition) is 1. The molecule has 1 aromatic rings. The zero-order chi connectivity index (χ0) is 18.4. The zero-order valence-electron chi connectivity index (χ0n) is 13.3. The summed E-state index contributed by atoms with van der Waals surface area (Å²) >= 11 is 3.30. The Labute approximate surface area is 151 Å². The van der Waals surface area contributed by atoms with Gasteiger partial charge >= 0.3 is 6.18 Å². The van der Waals surface area contributed by atoms with E-state index in [1.54, 1.807) is 24.3 Å². The highest BCUT2D eigenvalue weighted by Crippen LogP contribution is 2.21. The second kappa shape index (κ2) is 8.66. The van der Waals surface area contributed by atoms with Crippen molar-refractivity contribution < 1.29 is 27.5 Å². The van der Waals surface area contributed by atoms with E-state index in [2.05, 4.69) is 26.0 Å². The van der Waals surface area contributed by atoms with Gasteiger partial charge in [-0.3, -0.25) is 9.59 Å². The van der Waals surface area contributed by atoms with Gasteiger partial charge in [0.15, 0.2) is 0 Å². The van der Waals surface area contributed by atoms with E-state index in [-0.39, 0.29) is 25.0 Å². The molecular formula is C16H18BrF3N2O3. The number of likely N-dealkylation sites (tertiary alicyclic amines) is 1. The molecule has 0 aromatic heterocycles.